The molecule has 0 fully saturated rings. The van der Waals surface area contributed by atoms with E-state index >= 15 is 0 Å². The van der Waals surface area contributed by atoms with Crippen LogP contribution in [-0.2, 0) is 16.6 Å². The van der Waals surface area contributed by atoms with Crippen LogP contribution in [0.15, 0.2) is 35.7 Å². The second-order valence-electron chi connectivity index (χ2n) is 3.61. The fraction of sp³-hybridized carbons (Fsp3) is 0.200. The molecule has 0 aliphatic heterocycles. The van der Waals surface area contributed by atoms with Crippen molar-refractivity contribution < 1.29 is 8.42 Å². The standard InChI is InChI=1S/C10H12N6O2S/c1-11-6-8-2-3-9(13-7-8)19(17,18)16-10-12-4-5-14-15-10/h2-5,7,11H,6H2,1H3,(H,12,15,16). The van der Waals surface area contributed by atoms with Gasteiger partial charge in [0, 0.05) is 12.7 Å². The van der Waals surface area contributed by atoms with Crippen molar-refractivity contribution in [1.29, 1.82) is 0 Å². The van der Waals surface area contributed by atoms with Gasteiger partial charge >= 0.3 is 0 Å². The van der Waals surface area contributed by atoms with Crippen LogP contribution in [0.25, 0.3) is 0 Å². The lowest BCUT2D eigenvalue weighted by Gasteiger charge is -2.05. The Bertz CT molecular complexity index is 629. The van der Waals surface area contributed by atoms with E-state index < -0.39 is 10.0 Å². The Hall–Kier alpha value is -2.13. The van der Waals surface area contributed by atoms with Crippen molar-refractivity contribution in [3.05, 3.63) is 36.3 Å². The van der Waals surface area contributed by atoms with Crippen LogP contribution in [0.4, 0.5) is 5.95 Å². The molecule has 0 saturated carbocycles. The van der Waals surface area contributed by atoms with E-state index in [4.69, 9.17) is 0 Å². The van der Waals surface area contributed by atoms with Gasteiger partial charge in [0.1, 0.15) is 0 Å². The number of hydrogen-bond acceptors (Lipinski definition) is 7. The van der Waals surface area contributed by atoms with Gasteiger partial charge < -0.3 is 5.32 Å². The smallest absolute Gasteiger partial charge is 0.281 e. The summed E-state index contributed by atoms with van der Waals surface area (Å²) in [6, 6.07) is 3.10. The highest BCUT2D eigenvalue weighted by Crippen LogP contribution is 2.10. The lowest BCUT2D eigenvalue weighted by Crippen LogP contribution is -2.17. The van der Waals surface area contributed by atoms with Crippen LogP contribution >= 0.6 is 0 Å². The van der Waals surface area contributed by atoms with Gasteiger partial charge in [-0.1, -0.05) is 6.07 Å². The monoisotopic (exact) mass is 280 g/mol. The molecule has 2 aromatic rings. The highest BCUT2D eigenvalue weighted by Gasteiger charge is 2.17. The summed E-state index contributed by atoms with van der Waals surface area (Å²) in [5.41, 5.74) is 0.888. The molecule has 0 bridgehead atoms. The van der Waals surface area contributed by atoms with Crippen molar-refractivity contribution in [2.24, 2.45) is 0 Å². The Labute approximate surface area is 110 Å². The SMILES string of the molecule is CNCc1ccc(S(=O)(=O)Nc2nccnn2)nc1. The molecule has 2 heterocycles. The molecule has 2 rings (SSSR count). The van der Waals surface area contributed by atoms with E-state index in [0.29, 0.717) is 6.54 Å². The third-order valence-electron chi connectivity index (χ3n) is 2.16. The molecular formula is C10H12N6O2S. The van der Waals surface area contributed by atoms with E-state index in [1.807, 2.05) is 0 Å². The van der Waals surface area contributed by atoms with Crippen molar-refractivity contribution >= 4 is 16.0 Å². The van der Waals surface area contributed by atoms with Crippen molar-refractivity contribution in [3.8, 4) is 0 Å². The minimum Gasteiger partial charge on any atom is -0.316 e. The first-order chi connectivity index (χ1) is 9.12. The molecule has 19 heavy (non-hydrogen) atoms. The van der Waals surface area contributed by atoms with Gasteiger partial charge in [0.15, 0.2) is 5.03 Å². The summed E-state index contributed by atoms with van der Waals surface area (Å²) >= 11 is 0. The van der Waals surface area contributed by atoms with E-state index in [1.165, 1.54) is 24.7 Å². The molecule has 0 aromatic carbocycles. The number of sulfonamides is 1. The van der Waals surface area contributed by atoms with E-state index in [9.17, 15) is 8.42 Å². The quantitative estimate of drug-likeness (QED) is 0.779. The van der Waals surface area contributed by atoms with Crippen LogP contribution in [0.5, 0.6) is 0 Å². The van der Waals surface area contributed by atoms with Crippen LogP contribution < -0.4 is 10.0 Å². The van der Waals surface area contributed by atoms with E-state index in [0.717, 1.165) is 5.56 Å². The Balaban J connectivity index is 2.20. The molecule has 0 spiro atoms. The summed E-state index contributed by atoms with van der Waals surface area (Å²) in [6.45, 7) is 0.618. The van der Waals surface area contributed by atoms with Crippen molar-refractivity contribution in [2.45, 2.75) is 11.6 Å². The van der Waals surface area contributed by atoms with Gasteiger partial charge in [-0.05, 0) is 18.7 Å². The zero-order valence-electron chi connectivity index (χ0n) is 10.1. The topological polar surface area (TPSA) is 110 Å². The van der Waals surface area contributed by atoms with Crippen molar-refractivity contribution in [3.63, 3.8) is 0 Å². The first kappa shape index (κ1) is 13.3. The normalized spacial score (nSPS) is 11.2. The van der Waals surface area contributed by atoms with E-state index in [2.05, 4.69) is 30.2 Å². The molecule has 2 N–H and O–H groups in total. The number of aromatic nitrogens is 4. The van der Waals surface area contributed by atoms with Crippen molar-refractivity contribution in [2.75, 3.05) is 11.8 Å². The van der Waals surface area contributed by atoms with Gasteiger partial charge in [0.25, 0.3) is 16.0 Å². The first-order valence-electron chi connectivity index (χ1n) is 5.38. The van der Waals surface area contributed by atoms with E-state index in [-0.39, 0.29) is 11.0 Å². The Morgan fingerprint density at radius 3 is 2.63 bits per heavy atom. The number of anilines is 1. The Morgan fingerprint density at radius 1 is 1.21 bits per heavy atom. The van der Waals surface area contributed by atoms with Gasteiger partial charge in [-0.3, -0.25) is 0 Å². The average molecular weight is 280 g/mol. The maximum absolute atomic E-state index is 12.0. The predicted molar refractivity (Wildman–Crippen MR) is 67.6 cm³/mol. The van der Waals surface area contributed by atoms with Gasteiger partial charge in [0.2, 0.25) is 0 Å². The van der Waals surface area contributed by atoms with Gasteiger partial charge in [0.05, 0.1) is 12.4 Å². The largest absolute Gasteiger partial charge is 0.316 e. The molecule has 0 radical (unpaired) electrons. The molecule has 0 aliphatic carbocycles. The minimum atomic E-state index is -3.79. The minimum absolute atomic E-state index is 0.0939. The molecule has 0 unspecified atom stereocenters. The fourth-order valence-electron chi connectivity index (χ4n) is 1.35. The summed E-state index contributed by atoms with van der Waals surface area (Å²) in [5.74, 6) is -0.0939. The molecule has 0 atom stereocenters. The first-order valence-corrected chi connectivity index (χ1v) is 6.86. The fourth-order valence-corrected chi connectivity index (χ4v) is 2.22. The summed E-state index contributed by atoms with van der Waals surface area (Å²) in [4.78, 5) is 7.63. The third-order valence-corrected chi connectivity index (χ3v) is 3.41. The Kier molecular flexibility index (Phi) is 3.97. The highest BCUT2D eigenvalue weighted by molar-refractivity contribution is 7.92. The third kappa shape index (κ3) is 3.42. The summed E-state index contributed by atoms with van der Waals surface area (Å²) in [5, 5.41) is 9.93. The zero-order valence-corrected chi connectivity index (χ0v) is 10.9. The molecule has 9 heteroatoms. The van der Waals surface area contributed by atoms with Gasteiger partial charge in [-0.15, -0.1) is 5.10 Å². The maximum atomic E-state index is 12.0. The van der Waals surface area contributed by atoms with Crippen LogP contribution in [0, 0.1) is 0 Å². The van der Waals surface area contributed by atoms with Crippen LogP contribution in [0.2, 0.25) is 0 Å². The number of nitrogens with zero attached hydrogens (tertiary/aromatic N) is 4. The van der Waals surface area contributed by atoms with Crippen molar-refractivity contribution in [1.82, 2.24) is 25.5 Å². The lowest BCUT2D eigenvalue weighted by molar-refractivity contribution is 0.596. The molecule has 8 nitrogen and oxygen atoms in total. The zero-order chi connectivity index (χ0) is 13.7. The van der Waals surface area contributed by atoms with Crippen LogP contribution in [0.1, 0.15) is 5.56 Å². The average Bonchev–Trinajstić information content (AvgIpc) is 2.40. The molecular weight excluding hydrogens is 268 g/mol. The second kappa shape index (κ2) is 5.67. The second-order valence-corrected chi connectivity index (χ2v) is 5.24. The maximum Gasteiger partial charge on any atom is 0.281 e. The lowest BCUT2D eigenvalue weighted by atomic mass is 10.3. The summed E-state index contributed by atoms with van der Waals surface area (Å²) in [6.07, 6.45) is 4.19. The summed E-state index contributed by atoms with van der Waals surface area (Å²) < 4.78 is 26.1. The Morgan fingerprint density at radius 2 is 2.05 bits per heavy atom. The predicted octanol–water partition coefficient (Wildman–Crippen LogP) is -0.213. The number of nitrogens with one attached hydrogen (secondary N) is 2. The number of pyridine rings is 1. The molecule has 0 saturated heterocycles. The molecule has 100 valence electrons. The van der Waals surface area contributed by atoms with E-state index in [1.54, 1.807) is 13.1 Å². The highest BCUT2D eigenvalue weighted by atomic mass is 32.2. The number of rotatable bonds is 5. The van der Waals surface area contributed by atoms with Gasteiger partial charge in [-0.25, -0.2) is 14.7 Å². The summed E-state index contributed by atoms with van der Waals surface area (Å²) in [7, 11) is -1.99. The molecule has 0 aliphatic rings. The number of hydrogen-bond donors (Lipinski definition) is 2. The van der Waals surface area contributed by atoms with Gasteiger partial charge in [-0.2, -0.15) is 13.5 Å². The molecule has 2 aromatic heterocycles. The van der Waals surface area contributed by atoms with Crippen LogP contribution in [0.3, 0.4) is 0 Å². The molecule has 0 amide bonds. The van der Waals surface area contributed by atoms with Crippen LogP contribution in [-0.4, -0.2) is 35.6 Å².